The number of nitrogens with zero attached hydrogens (tertiary/aromatic N) is 1. The number of hydrogen-bond acceptors (Lipinski definition) is 7. The summed E-state index contributed by atoms with van der Waals surface area (Å²) in [7, 11) is 2.46. The number of rotatable bonds is 5. The first kappa shape index (κ1) is 19.6. The van der Waals surface area contributed by atoms with Gasteiger partial charge in [-0.3, -0.25) is 4.79 Å². The van der Waals surface area contributed by atoms with Crippen LogP contribution in [0.1, 0.15) is 20.8 Å². The number of fused-ring (bicyclic) bond motifs is 1. The summed E-state index contributed by atoms with van der Waals surface area (Å²) in [5.74, 6) is -1.34. The van der Waals surface area contributed by atoms with Gasteiger partial charge in [0.25, 0.3) is 5.91 Å². The van der Waals surface area contributed by atoms with E-state index in [1.165, 1.54) is 25.6 Å². The van der Waals surface area contributed by atoms with Crippen molar-refractivity contribution in [1.82, 2.24) is 4.90 Å². The Labute approximate surface area is 166 Å². The molecule has 0 radical (unpaired) electrons. The Morgan fingerprint density at radius 3 is 2.64 bits per heavy atom. The number of methoxy groups -OCH3 is 2. The first-order chi connectivity index (χ1) is 13.5. The number of benzene rings is 1. The minimum absolute atomic E-state index is 0.0137. The largest absolute Gasteiger partial charge is 0.466 e. The normalized spacial score (nSPS) is 13.5. The number of ether oxygens (including phenoxy) is 2. The molecule has 1 aliphatic rings. The molecular formula is C20H20N2O5S. The molecule has 2 aromatic rings. The average molecular weight is 400 g/mol. The van der Waals surface area contributed by atoms with E-state index in [0.717, 1.165) is 23.6 Å². The third kappa shape index (κ3) is 4.40. The Bertz CT molecular complexity index is 921. The molecule has 7 nitrogen and oxygen atoms in total. The van der Waals surface area contributed by atoms with Gasteiger partial charge in [-0.25, -0.2) is 9.59 Å². The molecule has 0 spiro atoms. The van der Waals surface area contributed by atoms with Gasteiger partial charge in [0.05, 0.1) is 25.2 Å². The monoisotopic (exact) mass is 400 g/mol. The van der Waals surface area contributed by atoms with Gasteiger partial charge in [0, 0.05) is 18.8 Å². The molecule has 1 aliphatic heterocycles. The van der Waals surface area contributed by atoms with Crippen LogP contribution in [0.2, 0.25) is 0 Å². The number of anilines is 1. The van der Waals surface area contributed by atoms with E-state index in [9.17, 15) is 14.4 Å². The number of amides is 1. The Morgan fingerprint density at radius 1 is 1.14 bits per heavy atom. The third-order valence-corrected chi connectivity index (χ3v) is 5.24. The first-order valence-corrected chi connectivity index (χ1v) is 9.49. The number of esters is 2. The molecule has 0 bridgehead atoms. The van der Waals surface area contributed by atoms with Crippen molar-refractivity contribution >= 4 is 34.9 Å². The summed E-state index contributed by atoms with van der Waals surface area (Å²) in [6.07, 6.45) is 1.80. The van der Waals surface area contributed by atoms with Crippen LogP contribution < -0.4 is 5.32 Å². The average Bonchev–Trinajstić information content (AvgIpc) is 3.26. The molecule has 1 aromatic carbocycles. The fourth-order valence-electron chi connectivity index (χ4n) is 2.95. The highest BCUT2D eigenvalue weighted by molar-refractivity contribution is 7.12. The van der Waals surface area contributed by atoms with Crippen molar-refractivity contribution in [3.63, 3.8) is 0 Å². The summed E-state index contributed by atoms with van der Waals surface area (Å²) >= 11 is 1.42. The van der Waals surface area contributed by atoms with E-state index in [4.69, 9.17) is 4.74 Å². The maximum absolute atomic E-state index is 12.6. The smallest absolute Gasteiger partial charge is 0.354 e. The van der Waals surface area contributed by atoms with Crippen molar-refractivity contribution in [3.05, 3.63) is 63.5 Å². The van der Waals surface area contributed by atoms with E-state index < -0.39 is 11.9 Å². The number of carbonyl (C=O) groups excluding carboxylic acids is 3. The second-order valence-corrected chi connectivity index (χ2v) is 7.08. The second-order valence-electron chi connectivity index (χ2n) is 6.14. The molecular weight excluding hydrogens is 380 g/mol. The van der Waals surface area contributed by atoms with Crippen LogP contribution in [0.4, 0.5) is 5.69 Å². The van der Waals surface area contributed by atoms with Gasteiger partial charge in [0.2, 0.25) is 0 Å². The quantitative estimate of drug-likeness (QED) is 0.613. The van der Waals surface area contributed by atoms with E-state index in [1.54, 1.807) is 0 Å². The zero-order chi connectivity index (χ0) is 20.1. The van der Waals surface area contributed by atoms with Crippen LogP contribution in [0.3, 0.4) is 0 Å². The SMILES string of the molecule is COC(=O)/C=C(/Nc1ccc2c(c1)CN(C(=O)c1cccs1)CC2)C(=O)OC. The Hall–Kier alpha value is -3.13. The standard InChI is InChI=1S/C20H20N2O5S/c1-26-18(23)11-16(20(25)27-2)21-15-6-5-13-7-8-22(12-14(13)10-15)19(24)17-4-3-9-28-17/h3-6,9-11,21H,7-8,12H2,1-2H3/b16-11+. The minimum atomic E-state index is -0.683. The second kappa shape index (κ2) is 8.71. The molecule has 28 heavy (non-hydrogen) atoms. The molecule has 0 atom stereocenters. The lowest BCUT2D eigenvalue weighted by molar-refractivity contribution is -0.138. The number of carbonyl (C=O) groups is 3. The summed E-state index contributed by atoms with van der Waals surface area (Å²) in [5.41, 5.74) is 2.72. The van der Waals surface area contributed by atoms with Crippen molar-refractivity contribution in [1.29, 1.82) is 0 Å². The van der Waals surface area contributed by atoms with Gasteiger partial charge >= 0.3 is 11.9 Å². The van der Waals surface area contributed by atoms with Gasteiger partial charge in [-0.15, -0.1) is 11.3 Å². The van der Waals surface area contributed by atoms with Crippen LogP contribution in [0.15, 0.2) is 47.5 Å². The fraction of sp³-hybridized carbons (Fsp3) is 0.250. The van der Waals surface area contributed by atoms with E-state index in [0.29, 0.717) is 23.7 Å². The first-order valence-electron chi connectivity index (χ1n) is 8.61. The fourth-order valence-corrected chi connectivity index (χ4v) is 3.64. The number of hydrogen-bond donors (Lipinski definition) is 1. The lowest BCUT2D eigenvalue weighted by atomic mass is 9.99. The Kier molecular flexibility index (Phi) is 6.10. The predicted octanol–water partition coefficient (Wildman–Crippen LogP) is 2.59. The van der Waals surface area contributed by atoms with Crippen LogP contribution >= 0.6 is 11.3 Å². The van der Waals surface area contributed by atoms with Crippen molar-refractivity contribution in [2.75, 3.05) is 26.1 Å². The molecule has 3 rings (SSSR count). The Morgan fingerprint density at radius 2 is 1.96 bits per heavy atom. The van der Waals surface area contributed by atoms with Gasteiger partial charge in [-0.2, -0.15) is 0 Å². The van der Waals surface area contributed by atoms with Crippen molar-refractivity contribution in [2.45, 2.75) is 13.0 Å². The summed E-state index contributed by atoms with van der Waals surface area (Å²) in [4.78, 5) is 38.6. The number of thiophene rings is 1. The Balaban J connectivity index is 1.80. The lowest BCUT2D eigenvalue weighted by Gasteiger charge is -2.29. The zero-order valence-electron chi connectivity index (χ0n) is 15.6. The van der Waals surface area contributed by atoms with Gasteiger partial charge in [-0.1, -0.05) is 12.1 Å². The predicted molar refractivity (Wildman–Crippen MR) is 105 cm³/mol. The highest BCUT2D eigenvalue weighted by atomic mass is 32.1. The highest BCUT2D eigenvalue weighted by Gasteiger charge is 2.23. The summed E-state index contributed by atoms with van der Waals surface area (Å²) < 4.78 is 9.28. The van der Waals surface area contributed by atoms with E-state index in [1.807, 2.05) is 40.6 Å². The van der Waals surface area contributed by atoms with Crippen LogP contribution in [0, 0.1) is 0 Å². The molecule has 1 aromatic heterocycles. The van der Waals surface area contributed by atoms with Crippen LogP contribution in [0.5, 0.6) is 0 Å². The maximum atomic E-state index is 12.6. The summed E-state index contributed by atoms with van der Waals surface area (Å²) in [5, 5.41) is 4.79. The van der Waals surface area contributed by atoms with Crippen LogP contribution in [-0.4, -0.2) is 43.5 Å². The van der Waals surface area contributed by atoms with Crippen LogP contribution in [-0.2, 0) is 32.0 Å². The van der Waals surface area contributed by atoms with E-state index in [-0.39, 0.29) is 11.6 Å². The molecule has 0 fully saturated rings. The summed E-state index contributed by atoms with van der Waals surface area (Å²) in [6, 6.07) is 9.33. The van der Waals surface area contributed by atoms with Crippen molar-refractivity contribution in [2.24, 2.45) is 0 Å². The molecule has 0 saturated carbocycles. The van der Waals surface area contributed by atoms with E-state index >= 15 is 0 Å². The van der Waals surface area contributed by atoms with Gasteiger partial charge in [-0.05, 0) is 41.1 Å². The molecule has 0 unspecified atom stereocenters. The van der Waals surface area contributed by atoms with Crippen LogP contribution in [0.25, 0.3) is 0 Å². The van der Waals surface area contributed by atoms with Gasteiger partial charge < -0.3 is 19.7 Å². The number of nitrogens with one attached hydrogen (secondary N) is 1. The molecule has 0 saturated heterocycles. The maximum Gasteiger partial charge on any atom is 0.354 e. The molecule has 0 aliphatic carbocycles. The zero-order valence-corrected chi connectivity index (χ0v) is 16.4. The molecule has 2 heterocycles. The lowest BCUT2D eigenvalue weighted by Crippen LogP contribution is -2.35. The van der Waals surface area contributed by atoms with E-state index in [2.05, 4.69) is 10.1 Å². The third-order valence-electron chi connectivity index (χ3n) is 4.39. The van der Waals surface area contributed by atoms with Crippen molar-refractivity contribution < 1.29 is 23.9 Å². The molecule has 146 valence electrons. The minimum Gasteiger partial charge on any atom is -0.466 e. The van der Waals surface area contributed by atoms with Gasteiger partial charge in [0.15, 0.2) is 0 Å². The summed E-state index contributed by atoms with van der Waals surface area (Å²) in [6.45, 7) is 1.14. The van der Waals surface area contributed by atoms with Gasteiger partial charge in [0.1, 0.15) is 5.70 Å². The topological polar surface area (TPSA) is 84.9 Å². The molecule has 1 amide bonds. The molecule has 1 N–H and O–H groups in total. The highest BCUT2D eigenvalue weighted by Crippen LogP contribution is 2.25. The molecule has 8 heteroatoms. The van der Waals surface area contributed by atoms with Crippen molar-refractivity contribution in [3.8, 4) is 0 Å².